The van der Waals surface area contributed by atoms with Crippen LogP contribution in [0.1, 0.15) is 28.5 Å². The number of esters is 1. The molecular weight excluding hydrogens is 355 g/mol. The summed E-state index contributed by atoms with van der Waals surface area (Å²) in [5.74, 6) is -1.02. The normalized spacial score (nSPS) is 11.6. The zero-order valence-electron chi connectivity index (χ0n) is 15.0. The number of H-pyrrole nitrogens is 1. The Hall–Kier alpha value is -0.900. The molecule has 1 aromatic heterocycles. The smallest absolute Gasteiger partial charge is 0.748 e. The molecule has 0 saturated heterocycles. The molecule has 0 aliphatic rings. The first-order valence-electron chi connectivity index (χ1n) is 7.60. The van der Waals surface area contributed by atoms with Crippen LogP contribution in [0.2, 0.25) is 0 Å². The summed E-state index contributed by atoms with van der Waals surface area (Å²) < 4.78 is 38.1. The third-order valence-corrected chi connectivity index (χ3v) is 4.29. The molecule has 0 fully saturated rings. The van der Waals surface area contributed by atoms with Crippen LogP contribution in [-0.4, -0.2) is 56.1 Å². The Labute approximate surface area is 169 Å². The van der Waals surface area contributed by atoms with E-state index in [4.69, 9.17) is 4.74 Å². The van der Waals surface area contributed by atoms with E-state index in [1.165, 1.54) is 0 Å². The predicted octanol–water partition coefficient (Wildman–Crippen LogP) is -1.50. The van der Waals surface area contributed by atoms with Crippen LogP contribution in [0.4, 0.5) is 0 Å². The topological polar surface area (TPSA) is 103 Å². The summed E-state index contributed by atoms with van der Waals surface area (Å²) in [6.07, 6.45) is 0.592. The van der Waals surface area contributed by atoms with Gasteiger partial charge in [0.2, 0.25) is 0 Å². The van der Waals surface area contributed by atoms with Gasteiger partial charge in [0.05, 0.1) is 22.5 Å². The molecule has 0 radical (unpaired) electrons. The molecule has 25 heavy (non-hydrogen) atoms. The summed E-state index contributed by atoms with van der Waals surface area (Å²) in [7, 11) is -0.513. The van der Waals surface area contributed by atoms with Gasteiger partial charge in [-0.2, -0.15) is 0 Å². The van der Waals surface area contributed by atoms with Crippen molar-refractivity contribution in [2.75, 3.05) is 27.2 Å². The molecule has 7 nitrogen and oxygen atoms in total. The van der Waals surface area contributed by atoms with Gasteiger partial charge in [-0.25, -0.2) is 13.2 Å². The van der Waals surface area contributed by atoms with Gasteiger partial charge in [0.1, 0.15) is 5.69 Å². The minimum Gasteiger partial charge on any atom is -0.748 e. The number of nitrogens with one attached hydrogen (secondary N) is 1. The number of likely N-dealkylation sites (N-methyl/N-ethyl adjacent to an activating group) is 1. The predicted molar refractivity (Wildman–Crippen MR) is 89.9 cm³/mol. The molecule has 0 unspecified atom stereocenters. The van der Waals surface area contributed by atoms with Crippen molar-refractivity contribution in [1.82, 2.24) is 9.88 Å². The summed E-state index contributed by atoms with van der Waals surface area (Å²) in [6.45, 7) is 2.71. The average Bonchev–Trinajstić information content (AvgIpc) is 2.81. The van der Waals surface area contributed by atoms with Gasteiger partial charge in [0.15, 0.2) is 0 Å². The molecule has 0 amide bonds. The van der Waals surface area contributed by atoms with Crippen molar-refractivity contribution in [2.45, 2.75) is 19.1 Å². The number of carbonyl (C=O) groups excluding carboxylic acids is 1. The van der Waals surface area contributed by atoms with E-state index in [-0.39, 0.29) is 36.2 Å². The van der Waals surface area contributed by atoms with Crippen molar-refractivity contribution in [1.29, 1.82) is 0 Å². The monoisotopic (exact) mass is 376 g/mol. The molecule has 2 aromatic rings. The second kappa shape index (κ2) is 9.16. The second-order valence-corrected chi connectivity index (χ2v) is 7.24. The number of ether oxygens (including phenoxy) is 1. The molecule has 1 aromatic carbocycles. The summed E-state index contributed by atoms with van der Waals surface area (Å²) in [5, 5.41) is 0.737. The molecule has 0 spiro atoms. The Morgan fingerprint density at radius 3 is 2.56 bits per heavy atom. The van der Waals surface area contributed by atoms with Crippen LogP contribution in [0.3, 0.4) is 0 Å². The zero-order valence-corrected chi connectivity index (χ0v) is 17.8. The maximum atomic E-state index is 12.2. The molecule has 0 saturated carbocycles. The third-order valence-electron chi connectivity index (χ3n) is 3.60. The SMILES string of the molecule is CCOC(=O)c1[nH]c2ccc(CS(=O)(=O)[O-])cc2c1CCN(C)C.[Na+]. The average molecular weight is 376 g/mol. The van der Waals surface area contributed by atoms with Crippen molar-refractivity contribution in [3.63, 3.8) is 0 Å². The van der Waals surface area contributed by atoms with Crippen LogP contribution in [0.15, 0.2) is 18.2 Å². The second-order valence-electron chi connectivity index (χ2n) is 5.83. The van der Waals surface area contributed by atoms with Crippen LogP contribution in [-0.2, 0) is 27.0 Å². The van der Waals surface area contributed by atoms with E-state index < -0.39 is 21.8 Å². The number of nitrogens with zero attached hydrogens (tertiary/aromatic N) is 1. The zero-order chi connectivity index (χ0) is 17.9. The Morgan fingerprint density at radius 2 is 2.00 bits per heavy atom. The van der Waals surface area contributed by atoms with Gasteiger partial charge < -0.3 is 19.2 Å². The Balaban J connectivity index is 0.00000312. The molecule has 9 heteroatoms. The summed E-state index contributed by atoms with van der Waals surface area (Å²) >= 11 is 0. The molecule has 0 aliphatic heterocycles. The molecule has 0 aliphatic carbocycles. The van der Waals surface area contributed by atoms with E-state index in [9.17, 15) is 17.8 Å². The van der Waals surface area contributed by atoms with Crippen molar-refractivity contribution < 1.29 is 52.1 Å². The van der Waals surface area contributed by atoms with Crippen LogP contribution < -0.4 is 29.6 Å². The number of hydrogen-bond donors (Lipinski definition) is 1. The molecule has 0 bridgehead atoms. The van der Waals surface area contributed by atoms with Crippen molar-refractivity contribution in [2.24, 2.45) is 0 Å². The van der Waals surface area contributed by atoms with Crippen LogP contribution >= 0.6 is 0 Å². The minimum absolute atomic E-state index is 0. The Kier molecular flexibility index (Phi) is 8.11. The van der Waals surface area contributed by atoms with E-state index in [0.29, 0.717) is 29.7 Å². The summed E-state index contributed by atoms with van der Waals surface area (Å²) in [6, 6.07) is 4.89. The first kappa shape index (κ1) is 22.1. The fourth-order valence-electron chi connectivity index (χ4n) is 2.56. The van der Waals surface area contributed by atoms with Crippen molar-refractivity contribution in [3.05, 3.63) is 35.0 Å². The summed E-state index contributed by atoms with van der Waals surface area (Å²) in [4.78, 5) is 17.2. The van der Waals surface area contributed by atoms with Gasteiger partial charge in [0.25, 0.3) is 0 Å². The van der Waals surface area contributed by atoms with Gasteiger partial charge in [-0.05, 0) is 50.7 Å². The first-order chi connectivity index (χ1) is 11.2. The van der Waals surface area contributed by atoms with Gasteiger partial charge in [-0.3, -0.25) is 0 Å². The largest absolute Gasteiger partial charge is 1.00 e. The Morgan fingerprint density at radius 1 is 1.32 bits per heavy atom. The van der Waals surface area contributed by atoms with E-state index in [0.717, 1.165) is 10.9 Å². The Bertz CT molecular complexity index is 846. The standard InChI is InChI=1S/C16H22N2O5S.Na/c1-4-23-16(19)15-12(7-8-18(2)3)13-9-11(10-24(20,21)22)5-6-14(13)17-15;/h5-6,9,17H,4,7-8,10H2,1-3H3,(H,20,21,22);/q;+1/p-1. The fourth-order valence-corrected chi connectivity index (χ4v) is 3.15. The van der Waals surface area contributed by atoms with Gasteiger partial charge in [-0.15, -0.1) is 0 Å². The number of benzene rings is 1. The van der Waals surface area contributed by atoms with E-state index in [1.54, 1.807) is 25.1 Å². The molecule has 1 N–H and O–H groups in total. The van der Waals surface area contributed by atoms with E-state index in [2.05, 4.69) is 4.98 Å². The van der Waals surface area contributed by atoms with Crippen LogP contribution in [0, 0.1) is 0 Å². The van der Waals surface area contributed by atoms with E-state index in [1.807, 2.05) is 19.0 Å². The number of fused-ring (bicyclic) bond motifs is 1. The third kappa shape index (κ3) is 6.09. The van der Waals surface area contributed by atoms with Crippen LogP contribution in [0.25, 0.3) is 10.9 Å². The first-order valence-corrected chi connectivity index (χ1v) is 9.18. The number of carbonyl (C=O) groups is 1. The van der Waals surface area contributed by atoms with Gasteiger partial charge in [0, 0.05) is 17.4 Å². The molecule has 132 valence electrons. The van der Waals surface area contributed by atoms with Crippen molar-refractivity contribution in [3.8, 4) is 0 Å². The van der Waals surface area contributed by atoms with Gasteiger partial charge >= 0.3 is 35.5 Å². The van der Waals surface area contributed by atoms with Gasteiger partial charge in [-0.1, -0.05) is 6.07 Å². The number of aromatic amines is 1. The number of aromatic nitrogens is 1. The minimum atomic E-state index is -4.36. The molecule has 0 atom stereocenters. The maximum absolute atomic E-state index is 12.2. The molecule has 1 heterocycles. The van der Waals surface area contributed by atoms with Crippen LogP contribution in [0.5, 0.6) is 0 Å². The molecule has 2 rings (SSSR count). The maximum Gasteiger partial charge on any atom is 1.00 e. The number of hydrogen-bond acceptors (Lipinski definition) is 6. The van der Waals surface area contributed by atoms with E-state index >= 15 is 0 Å². The fraction of sp³-hybridized carbons (Fsp3) is 0.438. The number of rotatable bonds is 7. The molecular formula is C16H21N2NaO5S. The summed E-state index contributed by atoms with van der Waals surface area (Å²) in [5.41, 5.74) is 2.25. The quantitative estimate of drug-likeness (QED) is 0.358. The van der Waals surface area contributed by atoms with Crippen molar-refractivity contribution >= 4 is 27.0 Å².